The summed E-state index contributed by atoms with van der Waals surface area (Å²) in [5.41, 5.74) is 1.92. The number of aliphatic hydroxyl groups excluding tert-OH is 1. The summed E-state index contributed by atoms with van der Waals surface area (Å²) in [5.74, 6) is 5.20. The highest BCUT2D eigenvalue weighted by molar-refractivity contribution is 5.94. The first-order valence-electron chi connectivity index (χ1n) is 7.30. The zero-order valence-corrected chi connectivity index (χ0v) is 12.3. The molecule has 0 spiro atoms. The van der Waals surface area contributed by atoms with E-state index in [1.54, 1.807) is 0 Å². The van der Waals surface area contributed by atoms with Crippen molar-refractivity contribution >= 4 is 5.91 Å². The van der Waals surface area contributed by atoms with E-state index in [2.05, 4.69) is 17.2 Å². The Morgan fingerprint density at radius 1 is 1.05 bits per heavy atom. The number of nitrogens with one attached hydrogen (secondary N) is 1. The number of aliphatic hydroxyl groups is 1. The molecule has 0 fully saturated rings. The Labute approximate surface area is 131 Å². The van der Waals surface area contributed by atoms with Crippen molar-refractivity contribution < 1.29 is 9.90 Å². The van der Waals surface area contributed by atoms with Gasteiger partial charge in [0.1, 0.15) is 0 Å². The highest BCUT2D eigenvalue weighted by Crippen LogP contribution is 2.17. The van der Waals surface area contributed by atoms with E-state index >= 15 is 0 Å². The number of carbonyl (C=O) groups excluding carboxylic acids is 1. The van der Waals surface area contributed by atoms with Crippen LogP contribution in [0.3, 0.4) is 0 Å². The van der Waals surface area contributed by atoms with Crippen LogP contribution >= 0.6 is 0 Å². The average Bonchev–Trinajstić information content (AvgIpc) is 2.58. The second kappa shape index (κ2) is 8.66. The summed E-state index contributed by atoms with van der Waals surface area (Å²) in [7, 11) is 0. The minimum Gasteiger partial charge on any atom is -0.396 e. The van der Waals surface area contributed by atoms with Crippen LogP contribution in [-0.4, -0.2) is 24.2 Å². The zero-order valence-electron chi connectivity index (χ0n) is 12.3. The standard InChI is InChI=1S/C19H19NO2/c21-14-13-18(17-9-5-2-6-10-17)15-20-19(22)12-11-16-7-3-1-4-8-16/h1-10,18,21H,13-15H2,(H,20,22)/t18-/m1/s1. The number of hydrogen-bond donors (Lipinski definition) is 2. The molecule has 2 aromatic rings. The van der Waals surface area contributed by atoms with Gasteiger partial charge in [0.15, 0.2) is 0 Å². The van der Waals surface area contributed by atoms with Crippen LogP contribution in [0.2, 0.25) is 0 Å². The van der Waals surface area contributed by atoms with E-state index < -0.39 is 0 Å². The van der Waals surface area contributed by atoms with Gasteiger partial charge in [0.25, 0.3) is 5.91 Å². The Morgan fingerprint density at radius 2 is 1.68 bits per heavy atom. The first kappa shape index (κ1) is 15.8. The topological polar surface area (TPSA) is 49.3 Å². The van der Waals surface area contributed by atoms with Crippen LogP contribution in [0.25, 0.3) is 0 Å². The van der Waals surface area contributed by atoms with Crippen LogP contribution < -0.4 is 5.32 Å². The number of amides is 1. The second-order valence-electron chi connectivity index (χ2n) is 4.95. The third kappa shape index (κ3) is 5.08. The molecular formula is C19H19NO2. The summed E-state index contributed by atoms with van der Waals surface area (Å²) in [6, 6.07) is 19.3. The second-order valence-corrected chi connectivity index (χ2v) is 4.95. The van der Waals surface area contributed by atoms with Gasteiger partial charge in [-0.05, 0) is 24.1 Å². The fraction of sp³-hybridized carbons (Fsp3) is 0.211. The maximum absolute atomic E-state index is 11.8. The van der Waals surface area contributed by atoms with E-state index in [-0.39, 0.29) is 18.4 Å². The first-order chi connectivity index (χ1) is 10.8. The Morgan fingerprint density at radius 3 is 2.32 bits per heavy atom. The van der Waals surface area contributed by atoms with Gasteiger partial charge in [0.2, 0.25) is 0 Å². The van der Waals surface area contributed by atoms with Crippen molar-refractivity contribution in [1.82, 2.24) is 5.32 Å². The van der Waals surface area contributed by atoms with Crippen LogP contribution in [0.5, 0.6) is 0 Å². The zero-order chi connectivity index (χ0) is 15.6. The van der Waals surface area contributed by atoms with Crippen LogP contribution in [0.1, 0.15) is 23.5 Å². The van der Waals surface area contributed by atoms with Crippen LogP contribution in [0.15, 0.2) is 60.7 Å². The lowest BCUT2D eigenvalue weighted by Gasteiger charge is -2.16. The van der Waals surface area contributed by atoms with E-state index in [0.717, 1.165) is 11.1 Å². The van der Waals surface area contributed by atoms with E-state index in [1.165, 1.54) is 0 Å². The normalized spacial score (nSPS) is 11.1. The largest absolute Gasteiger partial charge is 0.396 e. The Balaban J connectivity index is 1.92. The molecule has 1 atom stereocenters. The number of benzene rings is 2. The van der Waals surface area contributed by atoms with E-state index in [0.29, 0.717) is 13.0 Å². The van der Waals surface area contributed by atoms with E-state index in [4.69, 9.17) is 0 Å². The van der Waals surface area contributed by atoms with Gasteiger partial charge in [-0.15, -0.1) is 0 Å². The minimum atomic E-state index is -0.303. The number of hydrogen-bond acceptors (Lipinski definition) is 2. The molecule has 0 aliphatic heterocycles. The van der Waals surface area contributed by atoms with Gasteiger partial charge in [-0.25, -0.2) is 0 Å². The molecule has 2 N–H and O–H groups in total. The summed E-state index contributed by atoms with van der Waals surface area (Å²) in [6.45, 7) is 0.554. The SMILES string of the molecule is O=C(C#Cc1ccccc1)NC[C@@H](CCO)c1ccccc1. The van der Waals surface area contributed by atoms with Gasteiger partial charge in [-0.2, -0.15) is 0 Å². The van der Waals surface area contributed by atoms with Crippen molar-refractivity contribution in [2.24, 2.45) is 0 Å². The highest BCUT2D eigenvalue weighted by atomic mass is 16.3. The molecule has 112 valence electrons. The minimum absolute atomic E-state index is 0.0884. The molecule has 0 aromatic heterocycles. The molecule has 0 radical (unpaired) electrons. The molecule has 1 amide bonds. The van der Waals surface area contributed by atoms with Crippen molar-refractivity contribution in [3.8, 4) is 11.8 Å². The third-order valence-corrected chi connectivity index (χ3v) is 3.35. The molecular weight excluding hydrogens is 274 g/mol. The van der Waals surface area contributed by atoms with Crippen molar-refractivity contribution in [2.45, 2.75) is 12.3 Å². The lowest BCUT2D eigenvalue weighted by molar-refractivity contribution is -0.115. The maximum atomic E-state index is 11.8. The van der Waals surface area contributed by atoms with E-state index in [1.807, 2.05) is 60.7 Å². The molecule has 0 saturated heterocycles. The molecule has 0 aliphatic carbocycles. The number of rotatable bonds is 5. The average molecular weight is 293 g/mol. The van der Waals surface area contributed by atoms with Crippen molar-refractivity contribution in [3.63, 3.8) is 0 Å². The predicted molar refractivity (Wildman–Crippen MR) is 87.2 cm³/mol. The van der Waals surface area contributed by atoms with Crippen molar-refractivity contribution in [1.29, 1.82) is 0 Å². The highest BCUT2D eigenvalue weighted by Gasteiger charge is 2.11. The summed E-state index contributed by atoms with van der Waals surface area (Å²) >= 11 is 0. The fourth-order valence-corrected chi connectivity index (χ4v) is 2.18. The van der Waals surface area contributed by atoms with Gasteiger partial charge in [-0.3, -0.25) is 4.79 Å². The summed E-state index contributed by atoms with van der Waals surface area (Å²) in [6.07, 6.45) is 0.608. The van der Waals surface area contributed by atoms with Gasteiger partial charge in [0.05, 0.1) is 0 Å². The monoisotopic (exact) mass is 293 g/mol. The van der Waals surface area contributed by atoms with Crippen LogP contribution in [-0.2, 0) is 4.79 Å². The maximum Gasteiger partial charge on any atom is 0.296 e. The van der Waals surface area contributed by atoms with Gasteiger partial charge < -0.3 is 10.4 Å². The first-order valence-corrected chi connectivity index (χ1v) is 7.30. The van der Waals surface area contributed by atoms with Gasteiger partial charge in [0, 0.05) is 30.6 Å². The Bertz CT molecular complexity index is 641. The molecule has 22 heavy (non-hydrogen) atoms. The summed E-state index contributed by atoms with van der Waals surface area (Å²) in [5, 5.41) is 12.0. The van der Waals surface area contributed by atoms with Crippen molar-refractivity contribution in [2.75, 3.05) is 13.2 Å². The quantitative estimate of drug-likeness (QED) is 0.831. The molecule has 0 bridgehead atoms. The van der Waals surface area contributed by atoms with Gasteiger partial charge in [-0.1, -0.05) is 54.5 Å². The predicted octanol–water partition coefficient (Wildman–Crippen LogP) is 2.32. The third-order valence-electron chi connectivity index (χ3n) is 3.35. The van der Waals surface area contributed by atoms with E-state index in [9.17, 15) is 9.90 Å². The summed E-state index contributed by atoms with van der Waals surface area (Å²) in [4.78, 5) is 11.8. The molecule has 3 heteroatoms. The molecule has 0 unspecified atom stereocenters. The molecule has 0 aliphatic rings. The molecule has 0 heterocycles. The molecule has 2 rings (SSSR count). The Kier molecular flexibility index (Phi) is 6.22. The van der Waals surface area contributed by atoms with Crippen LogP contribution in [0.4, 0.5) is 0 Å². The smallest absolute Gasteiger partial charge is 0.296 e. The lowest BCUT2D eigenvalue weighted by atomic mass is 9.96. The summed E-state index contributed by atoms with van der Waals surface area (Å²) < 4.78 is 0. The molecule has 2 aromatic carbocycles. The number of carbonyl (C=O) groups is 1. The van der Waals surface area contributed by atoms with Crippen molar-refractivity contribution in [3.05, 3.63) is 71.8 Å². The van der Waals surface area contributed by atoms with Crippen LogP contribution in [0, 0.1) is 11.8 Å². The Hall–Kier alpha value is -2.57. The molecule has 0 saturated carbocycles. The lowest BCUT2D eigenvalue weighted by Crippen LogP contribution is -2.27. The molecule has 3 nitrogen and oxygen atoms in total. The van der Waals surface area contributed by atoms with Gasteiger partial charge >= 0.3 is 0 Å². The fourth-order valence-electron chi connectivity index (χ4n) is 2.18.